The summed E-state index contributed by atoms with van der Waals surface area (Å²) in [6, 6.07) is 12.4. The van der Waals surface area contributed by atoms with Crippen LogP contribution in [0.4, 0.5) is 0 Å². The van der Waals surface area contributed by atoms with Gasteiger partial charge in [-0.25, -0.2) is 4.79 Å². The predicted octanol–water partition coefficient (Wildman–Crippen LogP) is 3.10. The van der Waals surface area contributed by atoms with Gasteiger partial charge in [0.05, 0.1) is 14.2 Å². The zero-order valence-corrected chi connectivity index (χ0v) is 16.9. The van der Waals surface area contributed by atoms with Crippen molar-refractivity contribution in [3.05, 3.63) is 82.1 Å². The minimum atomic E-state index is -1.95. The first-order chi connectivity index (χ1) is 14.5. The molecule has 2 aromatic carbocycles. The molecule has 2 aromatic rings. The monoisotopic (exact) mass is 410 g/mol. The number of methoxy groups -OCH3 is 2. The van der Waals surface area contributed by atoms with Crippen LogP contribution in [-0.2, 0) is 31.5 Å². The van der Waals surface area contributed by atoms with Crippen molar-refractivity contribution in [2.24, 2.45) is 0 Å². The number of esters is 1. The van der Waals surface area contributed by atoms with E-state index >= 15 is 0 Å². The minimum absolute atomic E-state index is 0.166. The summed E-state index contributed by atoms with van der Waals surface area (Å²) in [6.45, 7) is 2.14. The smallest absolute Gasteiger partial charge is 0.345 e. The maximum absolute atomic E-state index is 12.8. The molecule has 1 atom stereocenters. The minimum Gasteiger partial charge on any atom is -0.497 e. The Morgan fingerprint density at radius 3 is 2.47 bits per heavy atom. The van der Waals surface area contributed by atoms with E-state index in [1.165, 1.54) is 0 Å². The molecule has 7 nitrogen and oxygen atoms in total. The van der Waals surface area contributed by atoms with Crippen LogP contribution in [0.3, 0.4) is 0 Å². The van der Waals surface area contributed by atoms with Gasteiger partial charge >= 0.3 is 5.97 Å². The molecule has 1 unspecified atom stereocenters. The summed E-state index contributed by atoms with van der Waals surface area (Å²) in [4.78, 5) is 22.9. The summed E-state index contributed by atoms with van der Waals surface area (Å²) < 4.78 is 16.0. The van der Waals surface area contributed by atoms with Crippen molar-refractivity contribution in [3.8, 4) is 11.5 Å². The van der Waals surface area contributed by atoms with Crippen LogP contribution in [0.5, 0.6) is 11.5 Å². The standard InChI is InChI=1S/C23H22O7/c1-14-12-15(4-9-19(14)27-3)13-18-21(20-10-11-28-30-20)22(24)29-23(18,25)16-5-7-17(26-2)8-6-16/h4-10,12,25H,11,13H2,1-3H3. The van der Waals surface area contributed by atoms with E-state index in [-0.39, 0.29) is 24.4 Å². The third kappa shape index (κ3) is 3.42. The van der Waals surface area contributed by atoms with Crippen molar-refractivity contribution < 1.29 is 33.9 Å². The van der Waals surface area contributed by atoms with Gasteiger partial charge in [0.2, 0.25) is 0 Å². The summed E-state index contributed by atoms with van der Waals surface area (Å²) in [5.74, 6) is -1.000. The molecule has 0 aliphatic carbocycles. The molecule has 2 aliphatic rings. The molecule has 4 rings (SSSR count). The molecule has 1 N–H and O–H groups in total. The molecule has 30 heavy (non-hydrogen) atoms. The maximum Gasteiger partial charge on any atom is 0.345 e. The number of hydrogen-bond donors (Lipinski definition) is 1. The van der Waals surface area contributed by atoms with E-state index < -0.39 is 11.8 Å². The lowest BCUT2D eigenvalue weighted by atomic mass is 9.89. The normalized spacial score (nSPS) is 20.7. The van der Waals surface area contributed by atoms with Crippen molar-refractivity contribution >= 4 is 5.97 Å². The second-order valence-electron chi connectivity index (χ2n) is 7.03. The van der Waals surface area contributed by atoms with Crippen LogP contribution in [0.25, 0.3) is 0 Å². The predicted molar refractivity (Wildman–Crippen MR) is 107 cm³/mol. The fraction of sp³-hybridized carbons (Fsp3) is 0.261. The number of aryl methyl sites for hydroxylation is 1. The second-order valence-corrected chi connectivity index (χ2v) is 7.03. The topological polar surface area (TPSA) is 83.5 Å². The highest BCUT2D eigenvalue weighted by Crippen LogP contribution is 2.44. The molecular formula is C23H22O7. The number of carbonyl (C=O) groups is 1. The van der Waals surface area contributed by atoms with Crippen molar-refractivity contribution in [3.63, 3.8) is 0 Å². The van der Waals surface area contributed by atoms with E-state index in [1.807, 2.05) is 25.1 Å². The lowest BCUT2D eigenvalue weighted by Crippen LogP contribution is -2.29. The first-order valence-corrected chi connectivity index (χ1v) is 9.43. The largest absolute Gasteiger partial charge is 0.497 e. The number of cyclic esters (lactones) is 1. The van der Waals surface area contributed by atoms with Crippen LogP contribution >= 0.6 is 0 Å². The Balaban J connectivity index is 1.81. The van der Waals surface area contributed by atoms with Gasteiger partial charge in [-0.2, -0.15) is 4.89 Å². The number of aliphatic hydroxyl groups is 1. The molecule has 2 heterocycles. The first kappa shape index (κ1) is 20.0. The summed E-state index contributed by atoms with van der Waals surface area (Å²) in [7, 11) is 3.16. The lowest BCUT2D eigenvalue weighted by molar-refractivity contribution is -0.231. The third-order valence-electron chi connectivity index (χ3n) is 5.21. The van der Waals surface area contributed by atoms with Gasteiger partial charge in [-0.3, -0.25) is 0 Å². The maximum atomic E-state index is 12.8. The van der Waals surface area contributed by atoms with Crippen LogP contribution in [0.1, 0.15) is 16.7 Å². The molecule has 2 aliphatic heterocycles. The van der Waals surface area contributed by atoms with Crippen molar-refractivity contribution in [2.75, 3.05) is 20.8 Å². The summed E-state index contributed by atoms with van der Waals surface area (Å²) in [6.07, 6.45) is 1.89. The molecule has 156 valence electrons. The van der Waals surface area contributed by atoms with E-state index in [9.17, 15) is 9.90 Å². The Hall–Kier alpha value is -3.29. The van der Waals surface area contributed by atoms with Gasteiger partial charge < -0.3 is 24.2 Å². The third-order valence-corrected chi connectivity index (χ3v) is 5.21. The number of rotatable bonds is 6. The van der Waals surface area contributed by atoms with Gasteiger partial charge in [0.15, 0.2) is 5.76 Å². The molecular weight excluding hydrogens is 388 g/mol. The lowest BCUT2D eigenvalue weighted by Gasteiger charge is -2.26. The number of ether oxygens (including phenoxy) is 3. The average molecular weight is 410 g/mol. The molecule has 0 fully saturated rings. The Bertz CT molecular complexity index is 1040. The van der Waals surface area contributed by atoms with Gasteiger partial charge in [-0.1, -0.05) is 12.1 Å². The van der Waals surface area contributed by atoms with E-state index in [0.29, 0.717) is 16.9 Å². The van der Waals surface area contributed by atoms with Gasteiger partial charge in [0.1, 0.15) is 23.7 Å². The molecule has 0 aromatic heterocycles. The fourth-order valence-electron chi connectivity index (χ4n) is 3.69. The highest BCUT2D eigenvalue weighted by atomic mass is 17.2. The van der Waals surface area contributed by atoms with Crippen molar-refractivity contribution in [1.29, 1.82) is 0 Å². The van der Waals surface area contributed by atoms with Gasteiger partial charge in [0, 0.05) is 17.6 Å². The molecule has 0 bridgehead atoms. The fourth-order valence-corrected chi connectivity index (χ4v) is 3.69. The Morgan fingerprint density at radius 2 is 1.87 bits per heavy atom. The Morgan fingerprint density at radius 1 is 1.10 bits per heavy atom. The highest BCUT2D eigenvalue weighted by molar-refractivity contribution is 5.97. The van der Waals surface area contributed by atoms with Gasteiger partial charge in [0.25, 0.3) is 5.79 Å². The Kier molecular flexibility index (Phi) is 5.24. The van der Waals surface area contributed by atoms with Crippen LogP contribution in [0.2, 0.25) is 0 Å². The Labute approximate surface area is 174 Å². The van der Waals surface area contributed by atoms with Crippen molar-refractivity contribution in [1.82, 2.24) is 0 Å². The van der Waals surface area contributed by atoms with E-state index in [2.05, 4.69) is 0 Å². The number of benzene rings is 2. The zero-order chi connectivity index (χ0) is 21.3. The zero-order valence-electron chi connectivity index (χ0n) is 16.9. The van der Waals surface area contributed by atoms with E-state index in [1.54, 1.807) is 44.6 Å². The second kappa shape index (κ2) is 7.85. The summed E-state index contributed by atoms with van der Waals surface area (Å²) >= 11 is 0. The summed E-state index contributed by atoms with van der Waals surface area (Å²) in [5, 5.41) is 11.5. The quantitative estimate of drug-likeness (QED) is 0.579. The number of carbonyl (C=O) groups excluding carboxylic acids is 1. The molecule has 0 spiro atoms. The van der Waals surface area contributed by atoms with E-state index in [0.717, 1.165) is 16.9 Å². The molecule has 0 radical (unpaired) electrons. The van der Waals surface area contributed by atoms with Crippen LogP contribution in [0.15, 0.2) is 65.4 Å². The summed E-state index contributed by atoms with van der Waals surface area (Å²) in [5.41, 5.74) is 2.77. The SMILES string of the molecule is COc1ccc(C2(O)OC(=O)C(C3=CCOO3)=C2Cc2ccc(OC)c(C)c2)cc1. The van der Waals surface area contributed by atoms with Crippen LogP contribution < -0.4 is 9.47 Å². The highest BCUT2D eigenvalue weighted by Gasteiger charge is 2.49. The van der Waals surface area contributed by atoms with Crippen molar-refractivity contribution in [2.45, 2.75) is 19.1 Å². The molecule has 0 saturated heterocycles. The average Bonchev–Trinajstić information content (AvgIpc) is 3.35. The van der Waals surface area contributed by atoms with E-state index in [4.69, 9.17) is 24.0 Å². The number of hydrogen-bond acceptors (Lipinski definition) is 7. The molecule has 0 saturated carbocycles. The molecule has 7 heteroatoms. The van der Waals surface area contributed by atoms with Crippen LogP contribution in [-0.4, -0.2) is 31.9 Å². The first-order valence-electron chi connectivity index (χ1n) is 9.43. The molecule has 0 amide bonds. The van der Waals surface area contributed by atoms with Gasteiger partial charge in [-0.05, 0) is 54.5 Å². The van der Waals surface area contributed by atoms with Crippen LogP contribution in [0, 0.1) is 6.92 Å². The van der Waals surface area contributed by atoms with Gasteiger partial charge in [-0.15, -0.1) is 0 Å².